The van der Waals surface area contributed by atoms with E-state index in [9.17, 15) is 5.11 Å². The van der Waals surface area contributed by atoms with Crippen molar-refractivity contribution in [3.05, 3.63) is 29.8 Å². The number of hydrogen-bond acceptors (Lipinski definition) is 3. The van der Waals surface area contributed by atoms with Gasteiger partial charge in [0.25, 0.3) is 0 Å². The number of aliphatic hydroxyl groups is 1. The second-order valence-corrected chi connectivity index (χ2v) is 3.37. The summed E-state index contributed by atoms with van der Waals surface area (Å²) in [5, 5.41) is 9.20. The largest absolute Gasteiger partial charge is 0.391 e. The van der Waals surface area contributed by atoms with Crippen LogP contribution in [-0.4, -0.2) is 11.2 Å². The molecule has 3 heteroatoms. The Morgan fingerprint density at radius 1 is 1.33 bits per heavy atom. The van der Waals surface area contributed by atoms with Gasteiger partial charge in [-0.3, -0.25) is 0 Å². The fourth-order valence-electron chi connectivity index (χ4n) is 0.975. The van der Waals surface area contributed by atoms with Gasteiger partial charge < -0.3 is 10.8 Å². The molecular weight excluding hydrogens is 170 g/mol. The maximum Gasteiger partial charge on any atom is 0.0704 e. The van der Waals surface area contributed by atoms with Crippen molar-refractivity contribution in [2.24, 2.45) is 5.73 Å². The van der Waals surface area contributed by atoms with Crippen molar-refractivity contribution in [2.75, 3.05) is 0 Å². The summed E-state index contributed by atoms with van der Waals surface area (Å²) in [6, 6.07) is 7.17. The SMILES string of the molecule is CC(O)C(N)c1ccc(S)cc1. The van der Waals surface area contributed by atoms with Gasteiger partial charge in [-0.15, -0.1) is 12.6 Å². The molecule has 0 radical (unpaired) electrons. The number of thiol groups is 1. The zero-order chi connectivity index (χ0) is 9.14. The lowest BCUT2D eigenvalue weighted by Crippen LogP contribution is -2.22. The first-order valence-corrected chi connectivity index (χ1v) is 4.28. The lowest BCUT2D eigenvalue weighted by atomic mass is 10.0. The molecule has 0 amide bonds. The predicted molar refractivity (Wildman–Crippen MR) is 52.3 cm³/mol. The maximum atomic E-state index is 9.20. The van der Waals surface area contributed by atoms with Crippen LogP contribution in [0.2, 0.25) is 0 Å². The Balaban J connectivity index is 2.82. The zero-order valence-electron chi connectivity index (χ0n) is 6.94. The maximum absolute atomic E-state index is 9.20. The van der Waals surface area contributed by atoms with Crippen molar-refractivity contribution >= 4 is 12.6 Å². The number of nitrogens with two attached hydrogens (primary N) is 1. The second-order valence-electron chi connectivity index (χ2n) is 2.86. The highest BCUT2D eigenvalue weighted by molar-refractivity contribution is 7.80. The van der Waals surface area contributed by atoms with Crippen LogP contribution in [0.15, 0.2) is 29.2 Å². The minimum absolute atomic E-state index is 0.307. The number of benzene rings is 1. The molecule has 2 unspecified atom stereocenters. The molecular formula is C9H13NOS. The Kier molecular flexibility index (Phi) is 3.14. The van der Waals surface area contributed by atoms with Crippen LogP contribution in [0.1, 0.15) is 18.5 Å². The third kappa shape index (κ3) is 2.24. The lowest BCUT2D eigenvalue weighted by Gasteiger charge is -2.14. The van der Waals surface area contributed by atoms with Gasteiger partial charge in [0.05, 0.1) is 12.1 Å². The van der Waals surface area contributed by atoms with Gasteiger partial charge in [0.2, 0.25) is 0 Å². The van der Waals surface area contributed by atoms with Crippen molar-refractivity contribution < 1.29 is 5.11 Å². The van der Waals surface area contributed by atoms with Crippen LogP contribution in [0.5, 0.6) is 0 Å². The summed E-state index contributed by atoms with van der Waals surface area (Å²) in [7, 11) is 0. The van der Waals surface area contributed by atoms with Crippen LogP contribution in [0.4, 0.5) is 0 Å². The number of aliphatic hydroxyl groups excluding tert-OH is 1. The normalized spacial score (nSPS) is 15.7. The van der Waals surface area contributed by atoms with Gasteiger partial charge in [0.1, 0.15) is 0 Å². The van der Waals surface area contributed by atoms with Crippen LogP contribution in [0.3, 0.4) is 0 Å². The van der Waals surface area contributed by atoms with Gasteiger partial charge in [-0.25, -0.2) is 0 Å². The first-order valence-electron chi connectivity index (χ1n) is 3.84. The van der Waals surface area contributed by atoms with Gasteiger partial charge in [-0.1, -0.05) is 12.1 Å². The Morgan fingerprint density at radius 3 is 2.25 bits per heavy atom. The van der Waals surface area contributed by atoms with Crippen LogP contribution in [0, 0.1) is 0 Å². The van der Waals surface area contributed by atoms with Crippen molar-refractivity contribution in [3.63, 3.8) is 0 Å². The fourth-order valence-corrected chi connectivity index (χ4v) is 1.12. The monoisotopic (exact) mass is 183 g/mol. The van der Waals surface area contributed by atoms with Crippen LogP contribution >= 0.6 is 12.6 Å². The van der Waals surface area contributed by atoms with Gasteiger partial charge >= 0.3 is 0 Å². The van der Waals surface area contributed by atoms with Crippen molar-refractivity contribution in [1.82, 2.24) is 0 Å². The van der Waals surface area contributed by atoms with Gasteiger partial charge in [0.15, 0.2) is 0 Å². The standard InChI is InChI=1S/C9H13NOS/c1-6(11)9(10)7-2-4-8(12)5-3-7/h2-6,9,11-12H,10H2,1H3. The van der Waals surface area contributed by atoms with E-state index in [1.165, 1.54) is 0 Å². The predicted octanol–water partition coefficient (Wildman–Crippen LogP) is 1.36. The molecule has 0 aliphatic carbocycles. The molecule has 2 atom stereocenters. The van der Waals surface area contributed by atoms with Crippen molar-refractivity contribution in [3.8, 4) is 0 Å². The topological polar surface area (TPSA) is 46.2 Å². The molecule has 0 saturated carbocycles. The average Bonchev–Trinajstić information content (AvgIpc) is 2.04. The Hall–Kier alpha value is -0.510. The van der Waals surface area contributed by atoms with E-state index in [4.69, 9.17) is 5.73 Å². The summed E-state index contributed by atoms with van der Waals surface area (Å²) in [6.07, 6.45) is -0.518. The smallest absolute Gasteiger partial charge is 0.0704 e. The van der Waals surface area contributed by atoms with E-state index in [0.29, 0.717) is 0 Å². The first-order chi connectivity index (χ1) is 5.61. The summed E-state index contributed by atoms with van der Waals surface area (Å²) in [5.41, 5.74) is 6.65. The number of rotatable bonds is 2. The molecule has 0 heterocycles. The van der Waals surface area contributed by atoms with E-state index in [2.05, 4.69) is 12.6 Å². The summed E-state index contributed by atoms with van der Waals surface area (Å²) < 4.78 is 0. The van der Waals surface area contributed by atoms with Crippen LogP contribution < -0.4 is 5.73 Å². The molecule has 0 bridgehead atoms. The van der Waals surface area contributed by atoms with Gasteiger partial charge in [-0.05, 0) is 24.6 Å². The van der Waals surface area contributed by atoms with E-state index in [1.54, 1.807) is 6.92 Å². The summed E-state index contributed by atoms with van der Waals surface area (Å²) >= 11 is 4.15. The lowest BCUT2D eigenvalue weighted by molar-refractivity contribution is 0.164. The molecule has 0 saturated heterocycles. The molecule has 1 aromatic carbocycles. The van der Waals surface area contributed by atoms with Gasteiger partial charge in [-0.2, -0.15) is 0 Å². The van der Waals surface area contributed by atoms with E-state index in [0.717, 1.165) is 10.5 Å². The van der Waals surface area contributed by atoms with E-state index < -0.39 is 6.10 Å². The first kappa shape index (κ1) is 9.58. The molecule has 66 valence electrons. The number of hydrogen-bond donors (Lipinski definition) is 3. The minimum Gasteiger partial charge on any atom is -0.391 e. The summed E-state index contributed by atoms with van der Waals surface area (Å²) in [6.45, 7) is 1.68. The van der Waals surface area contributed by atoms with Crippen molar-refractivity contribution in [1.29, 1.82) is 0 Å². The molecule has 3 N–H and O–H groups in total. The quantitative estimate of drug-likeness (QED) is 0.606. The highest BCUT2D eigenvalue weighted by Gasteiger charge is 2.10. The second kappa shape index (κ2) is 3.94. The Bertz CT molecular complexity index is 245. The third-order valence-corrected chi connectivity index (χ3v) is 2.10. The fraction of sp³-hybridized carbons (Fsp3) is 0.333. The molecule has 12 heavy (non-hydrogen) atoms. The zero-order valence-corrected chi connectivity index (χ0v) is 7.83. The Morgan fingerprint density at radius 2 is 1.83 bits per heavy atom. The Labute approximate surface area is 77.8 Å². The molecule has 1 rings (SSSR count). The van der Waals surface area contributed by atoms with Crippen LogP contribution in [-0.2, 0) is 0 Å². The minimum atomic E-state index is -0.518. The molecule has 1 aromatic rings. The molecule has 0 fully saturated rings. The molecule has 0 aliphatic rings. The molecule has 0 spiro atoms. The molecule has 2 nitrogen and oxygen atoms in total. The molecule has 0 aromatic heterocycles. The molecule has 0 aliphatic heterocycles. The summed E-state index contributed by atoms with van der Waals surface area (Å²) in [4.78, 5) is 0.900. The van der Waals surface area contributed by atoms with E-state index in [-0.39, 0.29) is 6.04 Å². The third-order valence-electron chi connectivity index (χ3n) is 1.80. The van der Waals surface area contributed by atoms with E-state index in [1.807, 2.05) is 24.3 Å². The average molecular weight is 183 g/mol. The van der Waals surface area contributed by atoms with E-state index >= 15 is 0 Å². The van der Waals surface area contributed by atoms with Crippen LogP contribution in [0.25, 0.3) is 0 Å². The highest BCUT2D eigenvalue weighted by atomic mass is 32.1. The highest BCUT2D eigenvalue weighted by Crippen LogP contribution is 2.15. The summed E-state index contributed by atoms with van der Waals surface area (Å²) in [5.74, 6) is 0. The van der Waals surface area contributed by atoms with Crippen molar-refractivity contribution in [2.45, 2.75) is 24.0 Å². The van der Waals surface area contributed by atoms with Gasteiger partial charge in [0, 0.05) is 4.90 Å².